The van der Waals surface area contributed by atoms with Gasteiger partial charge in [-0.05, 0) is 55.9 Å². The summed E-state index contributed by atoms with van der Waals surface area (Å²) in [7, 11) is 3.70. The van der Waals surface area contributed by atoms with Crippen LogP contribution in [0.4, 0.5) is 0 Å². The largest absolute Gasteiger partial charge is 0.496 e. The molecule has 0 unspecified atom stereocenters. The quantitative estimate of drug-likeness (QED) is 0.157. The molecule has 7 aromatic rings. The molecule has 4 aliphatic rings. The number of likely N-dealkylation sites (N-methyl/N-ethyl adjacent to an activating group) is 1. The summed E-state index contributed by atoms with van der Waals surface area (Å²) in [5.41, 5.74) is 2.51. The second-order valence-electron chi connectivity index (χ2n) is 15.8. The zero-order valence-corrected chi connectivity index (χ0v) is 37.4. The Morgan fingerprint density at radius 1 is 0.891 bits per heavy atom. The highest BCUT2D eigenvalue weighted by molar-refractivity contribution is 7.26. The van der Waals surface area contributed by atoms with E-state index in [1.807, 2.05) is 31.2 Å². The van der Waals surface area contributed by atoms with Gasteiger partial charge in [0.1, 0.15) is 60.9 Å². The van der Waals surface area contributed by atoms with E-state index in [0.29, 0.717) is 107 Å². The van der Waals surface area contributed by atoms with E-state index in [0.717, 1.165) is 31.7 Å². The van der Waals surface area contributed by atoms with Crippen molar-refractivity contribution in [2.45, 2.75) is 32.2 Å². The van der Waals surface area contributed by atoms with Crippen molar-refractivity contribution in [2.24, 2.45) is 0 Å². The van der Waals surface area contributed by atoms with Crippen LogP contribution in [-0.2, 0) is 17.8 Å². The molecule has 4 aromatic carbocycles. The van der Waals surface area contributed by atoms with Gasteiger partial charge < -0.3 is 43.2 Å². The minimum atomic E-state index is -1.44. The van der Waals surface area contributed by atoms with Gasteiger partial charge in [0, 0.05) is 61.7 Å². The summed E-state index contributed by atoms with van der Waals surface area (Å²) < 4.78 is 45.2. The monoisotopic (exact) mass is 924 g/mol. The molecule has 15 nitrogen and oxygen atoms in total. The molecular formula is C46H42Cl2N6O9S. The fraction of sp³-hybridized carbons (Fsp3) is 0.326. The lowest BCUT2D eigenvalue weighted by molar-refractivity contribution is -0.145. The van der Waals surface area contributed by atoms with E-state index in [9.17, 15) is 9.90 Å². The van der Waals surface area contributed by atoms with Crippen molar-refractivity contribution in [3.8, 4) is 51.8 Å². The van der Waals surface area contributed by atoms with E-state index in [-0.39, 0.29) is 36.3 Å². The van der Waals surface area contributed by atoms with Crippen LogP contribution in [0.1, 0.15) is 16.8 Å². The lowest BCUT2D eigenvalue weighted by Gasteiger charge is -2.35. The molecular weight excluding hydrogens is 884 g/mol. The smallest absolute Gasteiger partial charge is 0.345 e. The Kier molecular flexibility index (Phi) is 11.6. The number of rotatable bonds is 8. The Hall–Kier alpha value is -5.91. The molecule has 0 spiro atoms. The first kappa shape index (κ1) is 42.1. The van der Waals surface area contributed by atoms with Crippen LogP contribution in [0.15, 0.2) is 61.1 Å². The van der Waals surface area contributed by atoms with Crippen LogP contribution in [0.25, 0.3) is 42.5 Å². The molecule has 0 saturated carbocycles. The predicted molar refractivity (Wildman–Crippen MR) is 243 cm³/mol. The Balaban J connectivity index is 1.10. The number of carboxylic acid groups (broad SMARTS) is 1. The number of carbonyl (C=O) groups is 1. The predicted octanol–water partition coefficient (Wildman–Crippen LogP) is 7.89. The SMILES string of the molecule is COc1ccccc1-c1nccc(COc2ccc3cc2C[C@H](C(=O)O)Oc2ncnc4sc5c6c(c7c(Cl)c(c(Cl)c(C)c7c5c24)O[C@H](CN2CCN(C)CC2)CO3)OCCO6)n1. The van der Waals surface area contributed by atoms with Crippen molar-refractivity contribution in [3.63, 3.8) is 0 Å². The number of aromatic nitrogens is 4. The molecule has 1 fully saturated rings. The number of ether oxygens (including phenoxy) is 7. The van der Waals surface area contributed by atoms with Crippen LogP contribution < -0.4 is 33.2 Å². The van der Waals surface area contributed by atoms with Gasteiger partial charge in [-0.25, -0.2) is 24.7 Å². The highest BCUT2D eigenvalue weighted by Crippen LogP contribution is 2.57. The standard InChI is InChI=1S/C46H42Cl2N6O9S/c1-24-33-34-36-44-50-23-51-45(36)64-42(34)41-39(58-16-17-59-41)35(33)38(48)40(37(24)47)62-28(20-54-14-12-53(2)13-15-54)22-60-27-8-9-30(25(18-27)19-32(63-44)46(55)56)61-21-26-10-11-49-43(52-26)29-6-4-5-7-31(29)57-3/h4-11,18,23,28,32H,12-17,19-22H2,1-3H3,(H,55,56)/t28-,32-/m1/s1. The molecule has 0 radical (unpaired) electrons. The van der Waals surface area contributed by atoms with Crippen LogP contribution >= 0.6 is 34.5 Å². The Morgan fingerprint density at radius 3 is 2.52 bits per heavy atom. The highest BCUT2D eigenvalue weighted by Gasteiger charge is 2.34. The summed E-state index contributed by atoms with van der Waals surface area (Å²) in [6.07, 6.45) is 0.902. The van der Waals surface area contributed by atoms with Crippen LogP contribution in [-0.4, -0.2) is 120 Å². The number of methoxy groups -OCH3 is 1. The maximum atomic E-state index is 13.3. The average Bonchev–Trinajstić information content (AvgIpc) is 3.71. The van der Waals surface area contributed by atoms with E-state index in [1.165, 1.54) is 17.7 Å². The molecule has 330 valence electrons. The van der Waals surface area contributed by atoms with Gasteiger partial charge in [0.25, 0.3) is 0 Å². The van der Waals surface area contributed by atoms with Crippen molar-refractivity contribution in [2.75, 3.05) is 66.7 Å². The zero-order chi connectivity index (χ0) is 44.1. The Labute approximate surface area is 381 Å². The van der Waals surface area contributed by atoms with E-state index >= 15 is 0 Å². The van der Waals surface area contributed by atoms with Gasteiger partial charge in [0.2, 0.25) is 12.0 Å². The van der Waals surface area contributed by atoms with E-state index in [2.05, 4.69) is 31.8 Å². The number of fused-ring (bicyclic) bond motifs is 8. The number of aliphatic carboxylic acids is 1. The van der Waals surface area contributed by atoms with Crippen molar-refractivity contribution in [1.29, 1.82) is 0 Å². The number of hydrogen-bond donors (Lipinski definition) is 1. The summed E-state index contributed by atoms with van der Waals surface area (Å²) >= 11 is 16.1. The first-order valence-electron chi connectivity index (χ1n) is 20.8. The highest BCUT2D eigenvalue weighted by atomic mass is 35.5. The van der Waals surface area contributed by atoms with Gasteiger partial charge in [-0.1, -0.05) is 35.3 Å². The number of benzene rings is 4. The van der Waals surface area contributed by atoms with Crippen molar-refractivity contribution < 1.29 is 43.1 Å². The van der Waals surface area contributed by atoms with Gasteiger partial charge in [-0.2, -0.15) is 0 Å². The van der Waals surface area contributed by atoms with Crippen LogP contribution in [0.5, 0.6) is 40.4 Å². The van der Waals surface area contributed by atoms with Gasteiger partial charge >= 0.3 is 5.97 Å². The zero-order valence-electron chi connectivity index (χ0n) is 35.1. The molecule has 18 heteroatoms. The summed E-state index contributed by atoms with van der Waals surface area (Å²) in [6, 6.07) is 14.6. The maximum Gasteiger partial charge on any atom is 0.345 e. The van der Waals surface area contributed by atoms with Crippen molar-refractivity contribution >= 4 is 71.6 Å². The molecule has 0 amide bonds. The molecule has 64 heavy (non-hydrogen) atoms. The lowest BCUT2D eigenvalue weighted by atomic mass is 9.97. The third-order valence-electron chi connectivity index (χ3n) is 11.7. The van der Waals surface area contributed by atoms with Gasteiger partial charge in [-0.3, -0.25) is 4.90 Å². The van der Waals surface area contributed by atoms with Crippen LogP contribution in [0, 0.1) is 6.92 Å². The van der Waals surface area contributed by atoms with Crippen molar-refractivity contribution in [1.82, 2.24) is 29.7 Å². The number of piperazine rings is 1. The second-order valence-corrected chi connectivity index (χ2v) is 17.5. The normalized spacial score (nSPS) is 18.0. The van der Waals surface area contributed by atoms with Crippen LogP contribution in [0.2, 0.25) is 10.0 Å². The van der Waals surface area contributed by atoms with E-state index in [1.54, 1.807) is 37.6 Å². The molecule has 4 aliphatic heterocycles. The molecule has 7 heterocycles. The lowest BCUT2D eigenvalue weighted by Crippen LogP contribution is -2.49. The molecule has 11 rings (SSSR count). The molecule has 2 atom stereocenters. The number of hydrogen-bond acceptors (Lipinski definition) is 15. The number of halogens is 2. The van der Waals surface area contributed by atoms with E-state index < -0.39 is 18.2 Å². The number of aryl methyl sites for hydroxylation is 1. The van der Waals surface area contributed by atoms with Gasteiger partial charge in [0.05, 0.1) is 43.9 Å². The summed E-state index contributed by atoms with van der Waals surface area (Å²) in [4.78, 5) is 36.8. The third-order valence-corrected chi connectivity index (χ3v) is 13.6. The third kappa shape index (κ3) is 7.87. The van der Waals surface area contributed by atoms with E-state index in [4.69, 9.17) is 61.3 Å². The Morgan fingerprint density at radius 2 is 1.70 bits per heavy atom. The first-order valence-corrected chi connectivity index (χ1v) is 22.3. The minimum Gasteiger partial charge on any atom is -0.496 e. The molecule has 1 N–H and O–H groups in total. The number of carboxylic acids is 1. The fourth-order valence-electron chi connectivity index (χ4n) is 8.43. The topological polar surface area (TPSA) is 160 Å². The average molecular weight is 926 g/mol. The molecule has 3 aromatic heterocycles. The van der Waals surface area contributed by atoms with Crippen LogP contribution in [0.3, 0.4) is 0 Å². The van der Waals surface area contributed by atoms with Gasteiger partial charge in [0.15, 0.2) is 23.1 Å². The summed E-state index contributed by atoms with van der Waals surface area (Å²) in [5.74, 6) is 2.06. The number of nitrogens with zero attached hydrogens (tertiary/aromatic N) is 6. The first-order chi connectivity index (χ1) is 31.1. The summed E-state index contributed by atoms with van der Waals surface area (Å²) in [6.45, 7) is 6.64. The number of para-hydroxylation sites is 1. The minimum absolute atomic E-state index is 0.0506. The fourth-order valence-corrected chi connectivity index (χ4v) is 10.2. The molecule has 1 saturated heterocycles. The van der Waals surface area contributed by atoms with Gasteiger partial charge in [-0.15, -0.1) is 11.3 Å². The summed E-state index contributed by atoms with van der Waals surface area (Å²) in [5, 5.41) is 13.7. The maximum absolute atomic E-state index is 13.3. The number of thiophene rings is 1. The molecule has 6 bridgehead atoms. The van der Waals surface area contributed by atoms with Crippen molar-refractivity contribution in [3.05, 3.63) is 87.9 Å². The molecule has 0 aliphatic carbocycles. The Bertz CT molecular complexity index is 2950. The second kappa shape index (κ2) is 17.6.